The number of halogens is 3. The Bertz CT molecular complexity index is 412. The maximum absolute atomic E-state index is 12.0. The lowest BCUT2D eigenvalue weighted by atomic mass is 10.2. The highest BCUT2D eigenvalue weighted by molar-refractivity contribution is 9.10. The van der Waals surface area contributed by atoms with Crippen LogP contribution in [0.25, 0.3) is 0 Å². The van der Waals surface area contributed by atoms with E-state index >= 15 is 0 Å². The van der Waals surface area contributed by atoms with Crippen molar-refractivity contribution in [3.05, 3.63) is 22.2 Å². The summed E-state index contributed by atoms with van der Waals surface area (Å²) in [7, 11) is 1.27. The van der Waals surface area contributed by atoms with Crippen LogP contribution in [0.4, 0.5) is 8.78 Å². The summed E-state index contributed by atoms with van der Waals surface area (Å²) in [4.78, 5) is 11.0. The van der Waals surface area contributed by atoms with Gasteiger partial charge in [0.05, 0.1) is 12.7 Å². The van der Waals surface area contributed by atoms with Gasteiger partial charge in [-0.25, -0.2) is 0 Å². The van der Waals surface area contributed by atoms with Crippen molar-refractivity contribution in [2.24, 2.45) is 5.73 Å². The second-order valence-corrected chi connectivity index (χ2v) is 3.58. The van der Waals surface area contributed by atoms with Crippen LogP contribution in [-0.2, 0) is 0 Å². The van der Waals surface area contributed by atoms with E-state index in [1.165, 1.54) is 19.2 Å². The van der Waals surface area contributed by atoms with Gasteiger partial charge in [-0.2, -0.15) is 8.78 Å². The highest BCUT2D eigenvalue weighted by atomic mass is 79.9. The number of carbonyl (C=O) groups is 1. The maximum atomic E-state index is 12.0. The van der Waals surface area contributed by atoms with Gasteiger partial charge in [-0.05, 0) is 28.1 Å². The molecule has 0 unspecified atom stereocenters. The Morgan fingerprint density at radius 1 is 1.44 bits per heavy atom. The zero-order valence-corrected chi connectivity index (χ0v) is 9.75. The van der Waals surface area contributed by atoms with Gasteiger partial charge in [-0.3, -0.25) is 4.79 Å². The van der Waals surface area contributed by atoms with Crippen LogP contribution in [0.15, 0.2) is 16.6 Å². The molecule has 0 fully saturated rings. The third-order valence-corrected chi connectivity index (χ3v) is 2.39. The fourth-order valence-electron chi connectivity index (χ4n) is 1.07. The van der Waals surface area contributed by atoms with Crippen LogP contribution in [-0.4, -0.2) is 19.6 Å². The summed E-state index contributed by atoms with van der Waals surface area (Å²) < 4.78 is 33.4. The predicted octanol–water partition coefficient (Wildman–Crippen LogP) is 2.16. The molecule has 0 spiro atoms. The van der Waals surface area contributed by atoms with Gasteiger partial charge in [-0.15, -0.1) is 0 Å². The van der Waals surface area contributed by atoms with E-state index in [2.05, 4.69) is 20.7 Å². The number of ether oxygens (including phenoxy) is 2. The van der Waals surface area contributed by atoms with Crippen molar-refractivity contribution in [1.29, 1.82) is 0 Å². The minimum atomic E-state index is -2.97. The molecule has 0 radical (unpaired) electrons. The molecule has 0 bridgehead atoms. The lowest BCUT2D eigenvalue weighted by Gasteiger charge is -2.11. The van der Waals surface area contributed by atoms with Gasteiger partial charge >= 0.3 is 6.61 Å². The fourth-order valence-corrected chi connectivity index (χ4v) is 1.59. The van der Waals surface area contributed by atoms with Crippen molar-refractivity contribution >= 4 is 21.8 Å². The Morgan fingerprint density at radius 3 is 2.50 bits per heavy atom. The van der Waals surface area contributed by atoms with Crippen molar-refractivity contribution in [2.75, 3.05) is 7.11 Å². The smallest absolute Gasteiger partial charge is 0.387 e. The van der Waals surface area contributed by atoms with E-state index in [-0.39, 0.29) is 21.5 Å². The molecule has 0 aromatic heterocycles. The molecule has 88 valence electrons. The monoisotopic (exact) mass is 295 g/mol. The van der Waals surface area contributed by atoms with Crippen molar-refractivity contribution in [3.8, 4) is 11.5 Å². The Balaban J connectivity index is 3.21. The molecule has 1 aromatic rings. The number of hydrogen-bond donors (Lipinski definition) is 1. The summed E-state index contributed by atoms with van der Waals surface area (Å²) in [6.07, 6.45) is 0. The summed E-state index contributed by atoms with van der Waals surface area (Å²) in [5.41, 5.74) is 5.20. The molecular formula is C9H8BrF2NO3. The average Bonchev–Trinajstić information content (AvgIpc) is 2.16. The van der Waals surface area contributed by atoms with Crippen molar-refractivity contribution < 1.29 is 23.0 Å². The normalized spacial score (nSPS) is 10.3. The number of carbonyl (C=O) groups excluding carboxylic acids is 1. The number of hydrogen-bond acceptors (Lipinski definition) is 3. The van der Waals surface area contributed by atoms with Crippen LogP contribution in [0.3, 0.4) is 0 Å². The van der Waals surface area contributed by atoms with Crippen LogP contribution in [0, 0.1) is 0 Å². The van der Waals surface area contributed by atoms with E-state index in [1.807, 2.05) is 0 Å². The Hall–Kier alpha value is -1.37. The van der Waals surface area contributed by atoms with Crippen molar-refractivity contribution in [1.82, 2.24) is 0 Å². The standard InChI is InChI=1S/C9H8BrF2NO3/c1-15-6-2-4(8(13)14)5(10)3-7(6)16-9(11)12/h2-3,9H,1H3,(H2,13,14). The molecule has 1 rings (SSSR count). The molecule has 0 atom stereocenters. The van der Waals surface area contributed by atoms with Crippen LogP contribution >= 0.6 is 15.9 Å². The van der Waals surface area contributed by atoms with E-state index in [9.17, 15) is 13.6 Å². The Kier molecular flexibility index (Phi) is 4.05. The van der Waals surface area contributed by atoms with Gasteiger partial charge in [0.2, 0.25) is 5.91 Å². The SMILES string of the molecule is COc1cc(C(N)=O)c(Br)cc1OC(F)F. The second-order valence-electron chi connectivity index (χ2n) is 2.73. The van der Waals surface area contributed by atoms with Gasteiger partial charge in [0.1, 0.15) is 0 Å². The molecule has 0 aliphatic carbocycles. The Morgan fingerprint density at radius 2 is 2.06 bits per heavy atom. The number of amides is 1. The van der Waals surface area contributed by atoms with Gasteiger partial charge in [0, 0.05) is 4.47 Å². The van der Waals surface area contributed by atoms with Gasteiger partial charge < -0.3 is 15.2 Å². The largest absolute Gasteiger partial charge is 0.493 e. The minimum absolute atomic E-state index is 0.0114. The molecule has 2 N–H and O–H groups in total. The average molecular weight is 296 g/mol. The van der Waals surface area contributed by atoms with E-state index in [0.717, 1.165) is 0 Å². The van der Waals surface area contributed by atoms with Crippen molar-refractivity contribution in [2.45, 2.75) is 6.61 Å². The van der Waals surface area contributed by atoms with Gasteiger partial charge in [-0.1, -0.05) is 0 Å². The molecule has 4 nitrogen and oxygen atoms in total. The number of rotatable bonds is 4. The van der Waals surface area contributed by atoms with E-state index in [4.69, 9.17) is 10.5 Å². The highest BCUT2D eigenvalue weighted by Gasteiger charge is 2.16. The Labute approximate surface area is 98.5 Å². The highest BCUT2D eigenvalue weighted by Crippen LogP contribution is 2.34. The van der Waals surface area contributed by atoms with Crippen LogP contribution in [0.2, 0.25) is 0 Å². The molecule has 0 heterocycles. The third-order valence-electron chi connectivity index (χ3n) is 1.73. The van der Waals surface area contributed by atoms with E-state index < -0.39 is 12.5 Å². The summed E-state index contributed by atoms with van der Waals surface area (Å²) in [5, 5.41) is 0. The predicted molar refractivity (Wildman–Crippen MR) is 55.8 cm³/mol. The first-order chi connectivity index (χ1) is 7.45. The van der Waals surface area contributed by atoms with E-state index in [1.54, 1.807) is 0 Å². The number of primary amides is 1. The van der Waals surface area contributed by atoms with Crippen LogP contribution in [0.1, 0.15) is 10.4 Å². The first kappa shape index (κ1) is 12.7. The first-order valence-corrected chi connectivity index (χ1v) is 4.87. The number of methoxy groups -OCH3 is 1. The molecular weight excluding hydrogens is 288 g/mol. The lowest BCUT2D eigenvalue weighted by molar-refractivity contribution is -0.0512. The molecule has 1 amide bonds. The summed E-state index contributed by atoms with van der Waals surface area (Å²) in [5.74, 6) is -0.861. The van der Waals surface area contributed by atoms with Gasteiger partial charge in [0.15, 0.2) is 11.5 Å². The van der Waals surface area contributed by atoms with E-state index in [0.29, 0.717) is 0 Å². The molecule has 1 aromatic carbocycles. The molecule has 0 aliphatic rings. The number of benzene rings is 1. The molecule has 7 heteroatoms. The fraction of sp³-hybridized carbons (Fsp3) is 0.222. The number of alkyl halides is 2. The van der Waals surface area contributed by atoms with Crippen LogP contribution in [0.5, 0.6) is 11.5 Å². The summed E-state index contributed by atoms with van der Waals surface area (Å²) in [6, 6.07) is 2.43. The zero-order valence-electron chi connectivity index (χ0n) is 8.17. The maximum Gasteiger partial charge on any atom is 0.387 e. The number of nitrogens with two attached hydrogens (primary N) is 1. The van der Waals surface area contributed by atoms with Gasteiger partial charge in [0.25, 0.3) is 0 Å². The quantitative estimate of drug-likeness (QED) is 0.926. The third kappa shape index (κ3) is 2.82. The second kappa shape index (κ2) is 5.11. The summed E-state index contributed by atoms with van der Waals surface area (Å²) >= 11 is 3.02. The topological polar surface area (TPSA) is 61.5 Å². The molecule has 0 aliphatic heterocycles. The molecule has 16 heavy (non-hydrogen) atoms. The van der Waals surface area contributed by atoms with Crippen LogP contribution < -0.4 is 15.2 Å². The zero-order chi connectivity index (χ0) is 12.3. The first-order valence-electron chi connectivity index (χ1n) is 4.08. The lowest BCUT2D eigenvalue weighted by Crippen LogP contribution is -2.12. The minimum Gasteiger partial charge on any atom is -0.493 e. The van der Waals surface area contributed by atoms with Crippen molar-refractivity contribution in [3.63, 3.8) is 0 Å². The molecule has 0 saturated carbocycles. The molecule has 0 saturated heterocycles. The summed E-state index contributed by atoms with van der Waals surface area (Å²) in [6.45, 7) is -2.97.